The number of nitrogens with zero attached hydrogens (tertiary/aromatic N) is 2. The highest BCUT2D eigenvalue weighted by atomic mass is 16.6. The molecule has 0 aromatic carbocycles. The van der Waals surface area contributed by atoms with E-state index >= 15 is 0 Å². The Morgan fingerprint density at radius 2 is 2.56 bits per heavy atom. The number of hydrogen-bond acceptors (Lipinski definition) is 5. The minimum atomic E-state index is -0.482. The maximum Gasteiger partial charge on any atom is 0.329 e. The average Bonchev–Trinajstić information content (AvgIpc) is 2.79. The van der Waals surface area contributed by atoms with Crippen LogP contribution in [0.1, 0.15) is 12.8 Å². The van der Waals surface area contributed by atoms with Crippen LogP contribution >= 0.6 is 0 Å². The molecule has 1 aliphatic heterocycles. The topological polar surface area (TPSA) is 77.3 Å². The van der Waals surface area contributed by atoms with Crippen LogP contribution in [-0.2, 0) is 0 Å². The summed E-state index contributed by atoms with van der Waals surface area (Å²) in [6.45, 7) is 1.46. The van der Waals surface area contributed by atoms with Crippen LogP contribution in [0.2, 0.25) is 0 Å². The highest BCUT2D eigenvalue weighted by Gasteiger charge is 2.18. The molecule has 6 nitrogen and oxygen atoms in total. The summed E-state index contributed by atoms with van der Waals surface area (Å²) >= 11 is 0. The van der Waals surface area contributed by atoms with Gasteiger partial charge in [0.05, 0.1) is 4.92 Å². The number of aromatic nitrogens is 1. The largest absolute Gasteiger partial charge is 0.485 e. The van der Waals surface area contributed by atoms with Crippen LogP contribution in [-0.4, -0.2) is 29.1 Å². The van der Waals surface area contributed by atoms with Crippen molar-refractivity contribution in [2.75, 3.05) is 13.2 Å². The first kappa shape index (κ1) is 10.8. The molecule has 1 aromatic heterocycles. The molecule has 0 amide bonds. The Labute approximate surface area is 92.8 Å². The molecule has 16 heavy (non-hydrogen) atoms. The molecule has 1 N–H and O–H groups in total. The van der Waals surface area contributed by atoms with Crippen LogP contribution in [0, 0.1) is 10.1 Å². The maximum absolute atomic E-state index is 10.7. The van der Waals surface area contributed by atoms with Crippen molar-refractivity contribution in [2.45, 2.75) is 18.9 Å². The molecule has 1 aromatic rings. The summed E-state index contributed by atoms with van der Waals surface area (Å²) in [5, 5.41) is 14.0. The standard InChI is InChI=1S/C10H13N3O3/c14-13(15)9-6-11-5-3-10(9)16-7-8-2-1-4-12-8/h3,5-6,8,12H,1-2,4,7H2. The minimum Gasteiger partial charge on any atom is -0.485 e. The molecule has 1 aliphatic rings. The predicted molar refractivity (Wildman–Crippen MR) is 57.4 cm³/mol. The third-order valence-corrected chi connectivity index (χ3v) is 2.56. The summed E-state index contributed by atoms with van der Waals surface area (Å²) < 4.78 is 5.44. The summed E-state index contributed by atoms with van der Waals surface area (Å²) in [7, 11) is 0. The second kappa shape index (κ2) is 4.89. The van der Waals surface area contributed by atoms with E-state index in [0.717, 1.165) is 19.4 Å². The second-order valence-corrected chi connectivity index (χ2v) is 3.70. The van der Waals surface area contributed by atoms with Gasteiger partial charge in [-0.25, -0.2) is 0 Å². The lowest BCUT2D eigenvalue weighted by molar-refractivity contribution is -0.386. The fourth-order valence-electron chi connectivity index (χ4n) is 1.72. The molecule has 2 heterocycles. The quantitative estimate of drug-likeness (QED) is 0.611. The van der Waals surface area contributed by atoms with E-state index in [1.807, 2.05) is 0 Å². The molecular formula is C10H13N3O3. The van der Waals surface area contributed by atoms with E-state index in [0.29, 0.717) is 12.6 Å². The molecular weight excluding hydrogens is 210 g/mol. The van der Waals surface area contributed by atoms with Gasteiger partial charge >= 0.3 is 5.69 Å². The lowest BCUT2D eigenvalue weighted by Crippen LogP contribution is -2.28. The first-order valence-corrected chi connectivity index (χ1v) is 5.22. The Hall–Kier alpha value is -1.69. The number of rotatable bonds is 4. The smallest absolute Gasteiger partial charge is 0.329 e. The van der Waals surface area contributed by atoms with E-state index in [4.69, 9.17) is 4.74 Å². The minimum absolute atomic E-state index is 0.0829. The van der Waals surface area contributed by atoms with Crippen molar-refractivity contribution in [1.29, 1.82) is 0 Å². The zero-order valence-electron chi connectivity index (χ0n) is 8.76. The Morgan fingerprint density at radius 3 is 3.25 bits per heavy atom. The van der Waals surface area contributed by atoms with E-state index in [1.165, 1.54) is 18.5 Å². The Balaban J connectivity index is 2.00. The fraction of sp³-hybridized carbons (Fsp3) is 0.500. The third kappa shape index (κ3) is 2.46. The van der Waals surface area contributed by atoms with Crippen molar-refractivity contribution in [3.05, 3.63) is 28.6 Å². The van der Waals surface area contributed by atoms with Crippen LogP contribution < -0.4 is 10.1 Å². The molecule has 0 spiro atoms. The Morgan fingerprint density at radius 1 is 1.69 bits per heavy atom. The summed E-state index contributed by atoms with van der Waals surface area (Å²) in [5.74, 6) is 0.286. The van der Waals surface area contributed by atoms with Gasteiger partial charge in [0.1, 0.15) is 12.8 Å². The molecule has 86 valence electrons. The van der Waals surface area contributed by atoms with Crippen molar-refractivity contribution in [3.8, 4) is 5.75 Å². The molecule has 6 heteroatoms. The average molecular weight is 223 g/mol. The van der Waals surface area contributed by atoms with Gasteiger partial charge in [-0.15, -0.1) is 0 Å². The van der Waals surface area contributed by atoms with Crippen molar-refractivity contribution in [3.63, 3.8) is 0 Å². The van der Waals surface area contributed by atoms with Gasteiger partial charge in [0.2, 0.25) is 0 Å². The summed E-state index contributed by atoms with van der Waals surface area (Å²) in [4.78, 5) is 13.9. The predicted octanol–water partition coefficient (Wildman–Crippen LogP) is 1.12. The van der Waals surface area contributed by atoms with E-state index < -0.39 is 4.92 Å². The van der Waals surface area contributed by atoms with Crippen molar-refractivity contribution < 1.29 is 9.66 Å². The molecule has 0 bridgehead atoms. The Kier molecular flexibility index (Phi) is 3.31. The number of pyridine rings is 1. The Bertz CT molecular complexity index is 377. The highest BCUT2D eigenvalue weighted by Crippen LogP contribution is 2.25. The van der Waals surface area contributed by atoms with Crippen LogP contribution in [0.5, 0.6) is 5.75 Å². The SMILES string of the molecule is O=[N+]([O-])c1cnccc1OCC1CCCN1. The molecule has 0 aliphatic carbocycles. The summed E-state index contributed by atoms with van der Waals surface area (Å²) in [5.41, 5.74) is -0.0829. The van der Waals surface area contributed by atoms with Crippen molar-refractivity contribution >= 4 is 5.69 Å². The zero-order valence-corrected chi connectivity index (χ0v) is 8.76. The normalized spacial score (nSPS) is 19.6. The third-order valence-electron chi connectivity index (χ3n) is 2.56. The van der Waals surface area contributed by atoms with Crippen molar-refractivity contribution in [1.82, 2.24) is 10.3 Å². The van der Waals surface area contributed by atoms with Gasteiger partial charge in [0.25, 0.3) is 0 Å². The van der Waals surface area contributed by atoms with Crippen LogP contribution in [0.4, 0.5) is 5.69 Å². The van der Waals surface area contributed by atoms with Gasteiger partial charge in [-0.1, -0.05) is 0 Å². The lowest BCUT2D eigenvalue weighted by atomic mass is 10.2. The first-order chi connectivity index (χ1) is 7.77. The molecule has 1 saturated heterocycles. The molecule has 1 atom stereocenters. The van der Waals surface area contributed by atoms with Gasteiger partial charge in [0.15, 0.2) is 5.75 Å². The second-order valence-electron chi connectivity index (χ2n) is 3.70. The highest BCUT2D eigenvalue weighted by molar-refractivity contribution is 5.42. The van der Waals surface area contributed by atoms with Gasteiger partial charge in [-0.05, 0) is 19.4 Å². The zero-order chi connectivity index (χ0) is 11.4. The first-order valence-electron chi connectivity index (χ1n) is 5.22. The van der Waals surface area contributed by atoms with Gasteiger partial charge < -0.3 is 10.1 Å². The number of ether oxygens (including phenoxy) is 1. The van der Waals surface area contributed by atoms with E-state index in [2.05, 4.69) is 10.3 Å². The molecule has 1 unspecified atom stereocenters. The van der Waals surface area contributed by atoms with Gasteiger partial charge in [0, 0.05) is 18.3 Å². The number of nitrogens with one attached hydrogen (secondary N) is 1. The summed E-state index contributed by atoms with van der Waals surface area (Å²) in [6, 6.07) is 1.82. The number of nitro groups is 1. The van der Waals surface area contributed by atoms with E-state index in [1.54, 1.807) is 0 Å². The molecule has 0 radical (unpaired) electrons. The van der Waals surface area contributed by atoms with Crippen LogP contribution in [0.15, 0.2) is 18.5 Å². The maximum atomic E-state index is 10.7. The molecule has 0 saturated carbocycles. The fourth-order valence-corrected chi connectivity index (χ4v) is 1.72. The van der Waals surface area contributed by atoms with E-state index in [9.17, 15) is 10.1 Å². The van der Waals surface area contributed by atoms with Crippen LogP contribution in [0.25, 0.3) is 0 Å². The summed E-state index contributed by atoms with van der Waals surface area (Å²) in [6.07, 6.45) is 4.88. The molecule has 1 fully saturated rings. The molecule has 2 rings (SSSR count). The van der Waals surface area contributed by atoms with E-state index in [-0.39, 0.29) is 11.4 Å². The monoisotopic (exact) mass is 223 g/mol. The van der Waals surface area contributed by atoms with Gasteiger partial charge in [-0.2, -0.15) is 0 Å². The number of hydrogen-bond donors (Lipinski definition) is 1. The van der Waals surface area contributed by atoms with Gasteiger partial charge in [-0.3, -0.25) is 15.1 Å². The lowest BCUT2D eigenvalue weighted by Gasteiger charge is -2.11. The van der Waals surface area contributed by atoms with Crippen molar-refractivity contribution in [2.24, 2.45) is 0 Å². The van der Waals surface area contributed by atoms with Crippen LogP contribution in [0.3, 0.4) is 0 Å².